The highest BCUT2D eigenvalue weighted by molar-refractivity contribution is 7.19. The third-order valence-corrected chi connectivity index (χ3v) is 4.53. The molecule has 11 heteroatoms. The number of rotatable bonds is 4. The number of pyridine rings is 1. The Hall–Kier alpha value is -2.82. The molecule has 26 heavy (non-hydrogen) atoms. The number of nitrogens with zero attached hydrogens (tertiary/aromatic N) is 4. The summed E-state index contributed by atoms with van der Waals surface area (Å²) in [6.45, 7) is 0. The van der Waals surface area contributed by atoms with E-state index in [0.717, 1.165) is 39.4 Å². The Labute approximate surface area is 147 Å². The van der Waals surface area contributed by atoms with Crippen LogP contribution in [-0.2, 0) is 18.0 Å². The van der Waals surface area contributed by atoms with Crippen LogP contribution in [0.15, 0.2) is 30.6 Å². The fourth-order valence-electron chi connectivity index (χ4n) is 2.28. The summed E-state index contributed by atoms with van der Waals surface area (Å²) < 4.78 is 67.1. The zero-order chi connectivity index (χ0) is 19.1. The maximum absolute atomic E-state index is 13.9. The molecule has 3 aromatic rings. The average Bonchev–Trinajstić information content (AvgIpc) is 3.17. The van der Waals surface area contributed by atoms with E-state index in [9.17, 15) is 26.7 Å². The number of carbonyl (C=O) groups excluding carboxylic acids is 1. The number of aryl methyl sites for hydroxylation is 1. The molecule has 0 radical (unpaired) electrons. The van der Waals surface area contributed by atoms with Crippen molar-refractivity contribution in [1.82, 2.24) is 14.8 Å². The summed E-state index contributed by atoms with van der Waals surface area (Å²) in [5.74, 6) is -2.10. The first-order valence-electron chi connectivity index (χ1n) is 6.97. The van der Waals surface area contributed by atoms with Gasteiger partial charge in [-0.3, -0.25) is 19.4 Å². The number of amides is 1. The molecule has 1 amide bonds. The van der Waals surface area contributed by atoms with Gasteiger partial charge in [0.05, 0.1) is 23.0 Å². The van der Waals surface area contributed by atoms with Gasteiger partial charge in [-0.15, -0.1) is 11.3 Å². The van der Waals surface area contributed by atoms with E-state index < -0.39 is 29.2 Å². The smallest absolute Gasteiger partial charge is 0.278 e. The van der Waals surface area contributed by atoms with Crippen LogP contribution in [0.1, 0.15) is 5.69 Å². The molecule has 0 atom stereocenters. The van der Waals surface area contributed by atoms with Crippen LogP contribution in [-0.4, -0.2) is 21.2 Å². The van der Waals surface area contributed by atoms with Crippen molar-refractivity contribution in [2.24, 2.45) is 7.05 Å². The third kappa shape index (κ3) is 3.17. The van der Waals surface area contributed by atoms with Crippen LogP contribution in [0.2, 0.25) is 0 Å². The molecule has 5 nitrogen and oxygen atoms in total. The van der Waals surface area contributed by atoms with Crippen LogP contribution < -0.4 is 4.90 Å². The highest BCUT2D eigenvalue weighted by Gasteiger charge is 2.35. The Kier molecular flexibility index (Phi) is 4.48. The number of halogens is 5. The van der Waals surface area contributed by atoms with Gasteiger partial charge >= 0.3 is 6.18 Å². The van der Waals surface area contributed by atoms with Crippen molar-refractivity contribution in [2.75, 3.05) is 4.90 Å². The number of thiophene rings is 1. The highest BCUT2D eigenvalue weighted by atomic mass is 32.1. The Morgan fingerprint density at radius 3 is 2.38 bits per heavy atom. The molecule has 0 saturated heterocycles. The lowest BCUT2D eigenvalue weighted by molar-refractivity contribution is -0.141. The van der Waals surface area contributed by atoms with E-state index >= 15 is 0 Å². The first kappa shape index (κ1) is 18.0. The second-order valence-corrected chi connectivity index (χ2v) is 6.16. The van der Waals surface area contributed by atoms with Crippen molar-refractivity contribution < 1.29 is 26.7 Å². The van der Waals surface area contributed by atoms with Crippen LogP contribution >= 0.6 is 11.3 Å². The second-order valence-electron chi connectivity index (χ2n) is 5.10. The highest BCUT2D eigenvalue weighted by Crippen LogP contribution is 2.39. The second kappa shape index (κ2) is 6.48. The van der Waals surface area contributed by atoms with E-state index in [1.54, 1.807) is 0 Å². The zero-order valence-corrected chi connectivity index (χ0v) is 13.8. The zero-order valence-electron chi connectivity index (χ0n) is 13.0. The molecule has 0 bridgehead atoms. The average molecular weight is 388 g/mol. The number of alkyl halides is 3. The minimum absolute atomic E-state index is 0.119. The molecule has 3 rings (SSSR count). The monoisotopic (exact) mass is 388 g/mol. The number of anilines is 2. The van der Waals surface area contributed by atoms with E-state index in [2.05, 4.69) is 10.1 Å². The van der Waals surface area contributed by atoms with Crippen molar-refractivity contribution in [2.45, 2.75) is 6.18 Å². The van der Waals surface area contributed by atoms with E-state index in [4.69, 9.17) is 0 Å². The van der Waals surface area contributed by atoms with Gasteiger partial charge in [-0.2, -0.15) is 18.3 Å². The predicted molar refractivity (Wildman–Crippen MR) is 83.9 cm³/mol. The van der Waals surface area contributed by atoms with Gasteiger partial charge in [0.2, 0.25) is 6.41 Å². The van der Waals surface area contributed by atoms with Gasteiger partial charge in [0.1, 0.15) is 10.7 Å². The van der Waals surface area contributed by atoms with Crippen LogP contribution in [0.25, 0.3) is 10.6 Å². The van der Waals surface area contributed by atoms with E-state index in [-0.39, 0.29) is 17.1 Å². The fourth-order valence-corrected chi connectivity index (χ4v) is 3.31. The maximum Gasteiger partial charge on any atom is 0.435 e. The summed E-state index contributed by atoms with van der Waals surface area (Å²) in [7, 11) is 1.34. The molecule has 0 aromatic carbocycles. The summed E-state index contributed by atoms with van der Waals surface area (Å²) >= 11 is 0.882. The Bertz CT molecular complexity index is 945. The van der Waals surface area contributed by atoms with Gasteiger partial charge in [-0.1, -0.05) is 0 Å². The molecule has 0 aliphatic carbocycles. The quantitative estimate of drug-likeness (QED) is 0.499. The topological polar surface area (TPSA) is 51.0 Å². The number of hydrogen-bond acceptors (Lipinski definition) is 4. The first-order valence-corrected chi connectivity index (χ1v) is 7.79. The summed E-state index contributed by atoms with van der Waals surface area (Å²) in [6, 6.07) is 3.66. The molecule has 3 heterocycles. The molecule has 0 fully saturated rings. The molecular formula is C15H9F5N4OS. The molecule has 0 aliphatic heterocycles. The summed E-state index contributed by atoms with van der Waals surface area (Å²) in [5.41, 5.74) is -1.54. The van der Waals surface area contributed by atoms with Crippen molar-refractivity contribution in [3.63, 3.8) is 0 Å². The normalized spacial score (nSPS) is 11.6. The van der Waals surface area contributed by atoms with Crippen molar-refractivity contribution >= 4 is 28.4 Å². The van der Waals surface area contributed by atoms with Crippen LogP contribution in [0.5, 0.6) is 0 Å². The van der Waals surface area contributed by atoms with Gasteiger partial charge in [-0.05, 0) is 18.2 Å². The minimum Gasteiger partial charge on any atom is -0.278 e. The number of carbonyl (C=O) groups is 1. The minimum atomic E-state index is -4.60. The van der Waals surface area contributed by atoms with Gasteiger partial charge in [0.25, 0.3) is 0 Å². The van der Waals surface area contributed by atoms with E-state index in [1.165, 1.54) is 19.2 Å². The molecule has 0 N–H and O–H groups in total. The molecule has 3 aromatic heterocycles. The summed E-state index contributed by atoms with van der Waals surface area (Å²) in [5, 5.41) is 3.53. The van der Waals surface area contributed by atoms with E-state index in [0.29, 0.717) is 4.88 Å². The van der Waals surface area contributed by atoms with Gasteiger partial charge < -0.3 is 0 Å². The Morgan fingerprint density at radius 1 is 1.19 bits per heavy atom. The summed E-state index contributed by atoms with van der Waals surface area (Å²) in [6.07, 6.45) is -2.89. The Morgan fingerprint density at radius 2 is 1.85 bits per heavy atom. The van der Waals surface area contributed by atoms with Crippen molar-refractivity contribution in [3.8, 4) is 10.6 Å². The van der Waals surface area contributed by atoms with Crippen LogP contribution in [0.3, 0.4) is 0 Å². The van der Waals surface area contributed by atoms with Gasteiger partial charge in [0, 0.05) is 7.05 Å². The van der Waals surface area contributed by atoms with E-state index in [1.807, 2.05) is 0 Å². The lowest BCUT2D eigenvalue weighted by atomic mass is 10.3. The SMILES string of the molecule is Cn1nc(C(F)(F)F)cc1-c1ccc(N(C=O)c2c(F)cncc2F)s1. The number of aromatic nitrogens is 3. The van der Waals surface area contributed by atoms with Crippen molar-refractivity contribution in [1.29, 1.82) is 0 Å². The lowest BCUT2D eigenvalue weighted by Crippen LogP contribution is -2.16. The molecule has 0 unspecified atom stereocenters. The molecule has 0 spiro atoms. The summed E-state index contributed by atoms with van der Waals surface area (Å²) in [4.78, 5) is 15.8. The van der Waals surface area contributed by atoms with Crippen molar-refractivity contribution in [3.05, 3.63) is 47.9 Å². The fraction of sp³-hybridized carbons (Fsp3) is 0.133. The lowest BCUT2D eigenvalue weighted by Gasteiger charge is -2.16. The Balaban J connectivity index is 2.02. The molecule has 0 saturated carbocycles. The van der Waals surface area contributed by atoms with Crippen LogP contribution in [0, 0.1) is 11.6 Å². The molecular weight excluding hydrogens is 379 g/mol. The van der Waals surface area contributed by atoms with Crippen LogP contribution in [0.4, 0.5) is 32.6 Å². The molecule has 0 aliphatic rings. The maximum atomic E-state index is 13.9. The molecule has 136 valence electrons. The standard InChI is InChI=1S/C15H9F5N4OS/c1-23-10(4-12(22-23)15(18,19)20)11-2-3-13(26-11)24(7-25)14-8(16)5-21-6-9(14)17/h2-7H,1H3. The largest absolute Gasteiger partial charge is 0.435 e. The first-order chi connectivity index (χ1) is 12.2. The predicted octanol–water partition coefficient (Wildman–Crippen LogP) is 4.14. The third-order valence-electron chi connectivity index (χ3n) is 3.43. The van der Waals surface area contributed by atoms with Gasteiger partial charge in [0.15, 0.2) is 17.3 Å². The number of hydrogen-bond donors (Lipinski definition) is 0. The van der Waals surface area contributed by atoms with Gasteiger partial charge in [-0.25, -0.2) is 8.78 Å².